The lowest BCUT2D eigenvalue weighted by Crippen LogP contribution is -2.47. The summed E-state index contributed by atoms with van der Waals surface area (Å²) in [7, 11) is 0. The lowest BCUT2D eigenvalue weighted by Gasteiger charge is -2.36. The van der Waals surface area contributed by atoms with Crippen LogP contribution in [0.5, 0.6) is 0 Å². The van der Waals surface area contributed by atoms with Gasteiger partial charge in [-0.1, -0.05) is 48.5 Å². The summed E-state index contributed by atoms with van der Waals surface area (Å²) in [6.45, 7) is 4.06. The SMILES string of the molecule is NC[C@@H]1CN(C(=O)C(c2ccccc2F)N2CCOCC2)C[C@H]1c1ccccc1. The van der Waals surface area contributed by atoms with Crippen molar-refractivity contribution in [2.75, 3.05) is 45.9 Å². The van der Waals surface area contributed by atoms with Crippen molar-refractivity contribution in [2.24, 2.45) is 11.7 Å². The molecule has 1 amide bonds. The first-order chi connectivity index (χ1) is 14.2. The Morgan fingerprint density at radius 1 is 1.07 bits per heavy atom. The number of amides is 1. The maximum atomic E-state index is 14.7. The Labute approximate surface area is 171 Å². The van der Waals surface area contributed by atoms with Crippen LogP contribution in [-0.4, -0.2) is 61.6 Å². The summed E-state index contributed by atoms with van der Waals surface area (Å²) in [5.74, 6) is 0.0174. The van der Waals surface area contributed by atoms with Crippen LogP contribution in [0, 0.1) is 11.7 Å². The molecular formula is C23H28FN3O2. The molecule has 2 aliphatic rings. The molecule has 3 atom stereocenters. The molecule has 2 aromatic rings. The molecule has 0 spiro atoms. The van der Waals surface area contributed by atoms with E-state index in [1.807, 2.05) is 28.0 Å². The monoisotopic (exact) mass is 397 g/mol. The third kappa shape index (κ3) is 4.20. The Morgan fingerprint density at radius 3 is 2.45 bits per heavy atom. The lowest BCUT2D eigenvalue weighted by atomic mass is 9.89. The maximum Gasteiger partial charge on any atom is 0.244 e. The third-order valence-electron chi connectivity index (χ3n) is 6.13. The van der Waals surface area contributed by atoms with Gasteiger partial charge in [-0.15, -0.1) is 0 Å². The molecule has 0 aliphatic carbocycles. The second kappa shape index (κ2) is 9.03. The molecule has 2 fully saturated rings. The smallest absolute Gasteiger partial charge is 0.244 e. The molecule has 154 valence electrons. The number of halogens is 1. The number of rotatable bonds is 5. The standard InChI is InChI=1S/C23H28FN3O2/c24-21-9-5-4-8-19(21)22(26-10-12-29-13-11-26)23(28)27-15-18(14-25)20(16-27)17-6-2-1-3-7-17/h1-9,18,20,22H,10-16,25H2/t18-,20+,22?/m1/s1. The van der Waals surface area contributed by atoms with Crippen molar-refractivity contribution in [3.05, 3.63) is 71.5 Å². The minimum absolute atomic E-state index is 0.0473. The van der Waals surface area contributed by atoms with Crippen molar-refractivity contribution < 1.29 is 13.9 Å². The molecule has 4 rings (SSSR count). The van der Waals surface area contributed by atoms with E-state index in [2.05, 4.69) is 12.1 Å². The Morgan fingerprint density at radius 2 is 1.76 bits per heavy atom. The molecule has 6 heteroatoms. The fourth-order valence-corrected chi connectivity index (χ4v) is 4.56. The first-order valence-corrected chi connectivity index (χ1v) is 10.3. The van der Waals surface area contributed by atoms with Crippen LogP contribution in [0.1, 0.15) is 23.1 Å². The van der Waals surface area contributed by atoms with Gasteiger partial charge in [0.1, 0.15) is 11.9 Å². The molecule has 2 heterocycles. The van der Waals surface area contributed by atoms with Gasteiger partial charge in [0, 0.05) is 37.7 Å². The molecule has 0 aromatic heterocycles. The fraction of sp³-hybridized carbons (Fsp3) is 0.435. The topological polar surface area (TPSA) is 58.8 Å². The molecule has 0 radical (unpaired) electrons. The Balaban J connectivity index is 1.61. The van der Waals surface area contributed by atoms with Gasteiger partial charge in [-0.3, -0.25) is 9.69 Å². The summed E-state index contributed by atoms with van der Waals surface area (Å²) in [5, 5.41) is 0. The number of hydrogen-bond donors (Lipinski definition) is 1. The van der Waals surface area contributed by atoms with Crippen LogP contribution in [-0.2, 0) is 9.53 Å². The number of benzene rings is 2. The molecule has 2 aliphatic heterocycles. The van der Waals surface area contributed by atoms with Crippen LogP contribution < -0.4 is 5.73 Å². The average Bonchev–Trinajstić information content (AvgIpc) is 3.21. The Hall–Kier alpha value is -2.28. The number of nitrogens with zero attached hydrogens (tertiary/aromatic N) is 2. The fourth-order valence-electron chi connectivity index (χ4n) is 4.56. The molecule has 0 saturated carbocycles. The number of carbonyl (C=O) groups excluding carboxylic acids is 1. The zero-order chi connectivity index (χ0) is 20.2. The second-order valence-corrected chi connectivity index (χ2v) is 7.83. The van der Waals surface area contributed by atoms with Gasteiger partial charge >= 0.3 is 0 Å². The highest BCUT2D eigenvalue weighted by atomic mass is 19.1. The second-order valence-electron chi connectivity index (χ2n) is 7.83. The molecule has 0 bridgehead atoms. The van der Waals surface area contributed by atoms with Crippen LogP contribution in [0.2, 0.25) is 0 Å². The number of likely N-dealkylation sites (tertiary alicyclic amines) is 1. The Bertz CT molecular complexity index is 826. The first-order valence-electron chi connectivity index (χ1n) is 10.3. The maximum absolute atomic E-state index is 14.7. The molecule has 5 nitrogen and oxygen atoms in total. The van der Waals surface area contributed by atoms with Crippen LogP contribution in [0.25, 0.3) is 0 Å². The highest BCUT2D eigenvalue weighted by Crippen LogP contribution is 2.35. The lowest BCUT2D eigenvalue weighted by molar-refractivity contribution is -0.138. The summed E-state index contributed by atoms with van der Waals surface area (Å²) < 4.78 is 20.1. The van der Waals surface area contributed by atoms with Crippen LogP contribution in [0.15, 0.2) is 54.6 Å². The molecular weight excluding hydrogens is 369 g/mol. The highest BCUT2D eigenvalue weighted by molar-refractivity contribution is 5.84. The largest absolute Gasteiger partial charge is 0.379 e. The van der Waals surface area contributed by atoms with Gasteiger partial charge in [0.25, 0.3) is 0 Å². The van der Waals surface area contributed by atoms with Gasteiger partial charge in [0.15, 0.2) is 0 Å². The van der Waals surface area contributed by atoms with Crippen LogP contribution >= 0.6 is 0 Å². The van der Waals surface area contributed by atoms with Crippen molar-refractivity contribution in [3.8, 4) is 0 Å². The van der Waals surface area contributed by atoms with Crippen molar-refractivity contribution >= 4 is 5.91 Å². The third-order valence-corrected chi connectivity index (χ3v) is 6.13. The van der Waals surface area contributed by atoms with E-state index in [9.17, 15) is 9.18 Å². The first kappa shape index (κ1) is 20.0. The van der Waals surface area contributed by atoms with E-state index in [1.54, 1.807) is 18.2 Å². The summed E-state index contributed by atoms with van der Waals surface area (Å²) in [6.07, 6.45) is 0. The summed E-state index contributed by atoms with van der Waals surface area (Å²) in [5.41, 5.74) is 7.69. The summed E-state index contributed by atoms with van der Waals surface area (Å²) in [6, 6.07) is 16.2. The van der Waals surface area contributed by atoms with Crippen LogP contribution in [0.4, 0.5) is 4.39 Å². The van der Waals surface area contributed by atoms with Gasteiger partial charge in [0.05, 0.1) is 13.2 Å². The van der Waals surface area contributed by atoms with Crippen molar-refractivity contribution in [1.82, 2.24) is 9.80 Å². The molecule has 2 N–H and O–H groups in total. The van der Waals surface area contributed by atoms with E-state index >= 15 is 0 Å². The van der Waals surface area contributed by atoms with Crippen molar-refractivity contribution in [3.63, 3.8) is 0 Å². The minimum atomic E-state index is -0.631. The Kier molecular flexibility index (Phi) is 6.23. The predicted molar refractivity (Wildman–Crippen MR) is 110 cm³/mol. The molecule has 2 aromatic carbocycles. The summed E-state index contributed by atoms with van der Waals surface area (Å²) in [4.78, 5) is 17.6. The summed E-state index contributed by atoms with van der Waals surface area (Å²) >= 11 is 0. The van der Waals surface area contributed by atoms with Crippen molar-refractivity contribution in [2.45, 2.75) is 12.0 Å². The number of carbonyl (C=O) groups is 1. The van der Waals surface area contributed by atoms with Gasteiger partial charge in [0.2, 0.25) is 5.91 Å². The van der Waals surface area contributed by atoms with E-state index in [-0.39, 0.29) is 23.6 Å². The number of morpholine rings is 1. The minimum Gasteiger partial charge on any atom is -0.379 e. The van der Waals surface area contributed by atoms with E-state index in [4.69, 9.17) is 10.5 Å². The quantitative estimate of drug-likeness (QED) is 0.842. The van der Waals surface area contributed by atoms with E-state index in [0.29, 0.717) is 51.5 Å². The molecule has 1 unspecified atom stereocenters. The molecule has 2 saturated heterocycles. The van der Waals surface area contributed by atoms with Gasteiger partial charge in [-0.05, 0) is 24.1 Å². The number of hydrogen-bond acceptors (Lipinski definition) is 4. The van der Waals surface area contributed by atoms with Gasteiger partial charge < -0.3 is 15.4 Å². The van der Waals surface area contributed by atoms with Crippen molar-refractivity contribution in [1.29, 1.82) is 0 Å². The normalized spacial score (nSPS) is 23.9. The van der Waals surface area contributed by atoms with E-state index < -0.39 is 6.04 Å². The van der Waals surface area contributed by atoms with Crippen LogP contribution in [0.3, 0.4) is 0 Å². The van der Waals surface area contributed by atoms with E-state index in [1.165, 1.54) is 11.6 Å². The highest BCUT2D eigenvalue weighted by Gasteiger charge is 2.40. The average molecular weight is 397 g/mol. The zero-order valence-corrected chi connectivity index (χ0v) is 16.5. The number of nitrogens with two attached hydrogens (primary N) is 1. The zero-order valence-electron chi connectivity index (χ0n) is 16.5. The van der Waals surface area contributed by atoms with E-state index in [0.717, 1.165) is 0 Å². The predicted octanol–water partition coefficient (Wildman–Crippen LogP) is 2.40. The van der Waals surface area contributed by atoms with Gasteiger partial charge in [-0.25, -0.2) is 4.39 Å². The number of ether oxygens (including phenoxy) is 1. The van der Waals surface area contributed by atoms with Gasteiger partial charge in [-0.2, -0.15) is 0 Å². The molecule has 29 heavy (non-hydrogen) atoms.